The molecule has 4 N–H and O–H groups in total. The highest BCUT2D eigenvalue weighted by atomic mass is 16.3. The summed E-state index contributed by atoms with van der Waals surface area (Å²) in [6.07, 6.45) is 3.72. The van der Waals surface area contributed by atoms with Gasteiger partial charge < -0.3 is 5.11 Å². The minimum absolute atomic E-state index is 0.136. The Kier molecular flexibility index (Phi) is 7.02. The van der Waals surface area contributed by atoms with Crippen LogP contribution < -0.4 is 11.3 Å². The Hall–Kier alpha value is -1.50. The number of carbonyl (C=O) groups excluding carboxylic acids is 1. The fourth-order valence-corrected chi connectivity index (χ4v) is 1.76. The molecule has 6 heteroatoms. The zero-order valence-corrected chi connectivity index (χ0v) is 11.3. The maximum absolute atomic E-state index is 11.3. The second kappa shape index (κ2) is 8.58. The van der Waals surface area contributed by atoms with Crippen molar-refractivity contribution < 1.29 is 9.90 Å². The number of pyridine rings is 1. The minimum Gasteiger partial charge on any atom is -0.395 e. The number of nitrogen functional groups attached to an aromatic ring is 1. The summed E-state index contributed by atoms with van der Waals surface area (Å²) in [7, 11) is 0. The van der Waals surface area contributed by atoms with Gasteiger partial charge in [-0.3, -0.25) is 20.1 Å². The molecule has 0 aliphatic heterocycles. The molecule has 0 aliphatic carbocycles. The Bertz CT molecular complexity index is 381. The van der Waals surface area contributed by atoms with E-state index in [0.717, 1.165) is 25.1 Å². The number of aromatic nitrogens is 1. The summed E-state index contributed by atoms with van der Waals surface area (Å²) in [5, 5.41) is 9.03. The summed E-state index contributed by atoms with van der Waals surface area (Å²) < 4.78 is 0. The zero-order valence-electron chi connectivity index (χ0n) is 11.3. The van der Waals surface area contributed by atoms with Crippen LogP contribution in [0.4, 0.5) is 0 Å². The smallest absolute Gasteiger partial charge is 0.266 e. The van der Waals surface area contributed by atoms with Crippen LogP contribution >= 0.6 is 0 Å². The Balaban J connectivity index is 2.60. The predicted octanol–water partition coefficient (Wildman–Crippen LogP) is 0.280. The maximum Gasteiger partial charge on any atom is 0.266 e. The molecule has 0 bridgehead atoms. The second-order valence-corrected chi connectivity index (χ2v) is 4.36. The lowest BCUT2D eigenvalue weighted by Crippen LogP contribution is -2.30. The van der Waals surface area contributed by atoms with Gasteiger partial charge in [0.25, 0.3) is 5.91 Å². The topological polar surface area (TPSA) is 91.5 Å². The molecular formula is C13H22N4O2. The normalized spacial score (nSPS) is 10.7. The first-order chi connectivity index (χ1) is 9.21. The van der Waals surface area contributed by atoms with Gasteiger partial charge in [0.05, 0.1) is 17.9 Å². The number of hydrazine groups is 1. The molecule has 1 aromatic heterocycles. The van der Waals surface area contributed by atoms with Crippen molar-refractivity contribution in [3.8, 4) is 0 Å². The van der Waals surface area contributed by atoms with Crippen molar-refractivity contribution >= 4 is 5.91 Å². The van der Waals surface area contributed by atoms with E-state index in [2.05, 4.69) is 22.2 Å². The number of carbonyl (C=O) groups is 1. The Morgan fingerprint density at radius 3 is 2.79 bits per heavy atom. The molecular weight excluding hydrogens is 244 g/mol. The summed E-state index contributed by atoms with van der Waals surface area (Å²) in [6.45, 7) is 4.51. The van der Waals surface area contributed by atoms with Crippen LogP contribution in [-0.2, 0) is 6.54 Å². The standard InChI is InChI=1S/C13H22N4O2/c1-2-3-6-17(7-8-18)10-12-5-4-11(9-15-12)13(19)16-14/h4-5,9,18H,2-3,6-8,10,14H2,1H3,(H,16,19). The zero-order chi connectivity index (χ0) is 14.1. The first kappa shape index (κ1) is 15.6. The van der Waals surface area contributed by atoms with Crippen molar-refractivity contribution in [1.82, 2.24) is 15.3 Å². The first-order valence-corrected chi connectivity index (χ1v) is 6.50. The van der Waals surface area contributed by atoms with Gasteiger partial charge in [0.2, 0.25) is 0 Å². The monoisotopic (exact) mass is 266 g/mol. The van der Waals surface area contributed by atoms with Gasteiger partial charge in [-0.25, -0.2) is 5.84 Å². The summed E-state index contributed by atoms with van der Waals surface area (Å²) in [5.41, 5.74) is 3.38. The summed E-state index contributed by atoms with van der Waals surface area (Å²) in [6, 6.07) is 3.50. The van der Waals surface area contributed by atoms with Crippen molar-refractivity contribution in [2.24, 2.45) is 5.84 Å². The fraction of sp³-hybridized carbons (Fsp3) is 0.538. The molecule has 0 radical (unpaired) electrons. The Morgan fingerprint density at radius 2 is 2.26 bits per heavy atom. The van der Waals surface area contributed by atoms with Crippen LogP contribution in [0.1, 0.15) is 35.8 Å². The Labute approximate surface area is 113 Å². The summed E-state index contributed by atoms with van der Waals surface area (Å²) in [4.78, 5) is 17.7. The quantitative estimate of drug-likeness (QED) is 0.357. The number of hydrogen-bond acceptors (Lipinski definition) is 5. The number of amides is 1. The van der Waals surface area contributed by atoms with Crippen LogP contribution in [0.15, 0.2) is 18.3 Å². The van der Waals surface area contributed by atoms with Crippen LogP contribution in [-0.4, -0.2) is 40.6 Å². The maximum atomic E-state index is 11.3. The van der Waals surface area contributed by atoms with Crippen molar-refractivity contribution in [2.45, 2.75) is 26.3 Å². The number of nitrogens with one attached hydrogen (secondary N) is 1. The average Bonchev–Trinajstić information content (AvgIpc) is 2.45. The number of aliphatic hydroxyl groups excluding tert-OH is 1. The second-order valence-electron chi connectivity index (χ2n) is 4.36. The van der Waals surface area contributed by atoms with Crippen LogP contribution in [0, 0.1) is 0 Å². The largest absolute Gasteiger partial charge is 0.395 e. The molecule has 1 heterocycles. The highest BCUT2D eigenvalue weighted by molar-refractivity contribution is 5.93. The van der Waals surface area contributed by atoms with E-state index >= 15 is 0 Å². The minimum atomic E-state index is -0.350. The molecule has 0 saturated heterocycles. The third-order valence-corrected chi connectivity index (χ3v) is 2.85. The SMILES string of the molecule is CCCCN(CCO)Cc1ccc(C(=O)NN)cn1. The number of hydrogen-bond donors (Lipinski definition) is 3. The van der Waals surface area contributed by atoms with Crippen LogP contribution in [0.5, 0.6) is 0 Å². The lowest BCUT2D eigenvalue weighted by atomic mass is 10.2. The third-order valence-electron chi connectivity index (χ3n) is 2.85. The summed E-state index contributed by atoms with van der Waals surface area (Å²) in [5.74, 6) is 4.70. The van der Waals surface area contributed by atoms with E-state index in [4.69, 9.17) is 10.9 Å². The van der Waals surface area contributed by atoms with Crippen molar-refractivity contribution in [1.29, 1.82) is 0 Å². The van der Waals surface area contributed by atoms with Crippen LogP contribution in [0.2, 0.25) is 0 Å². The highest BCUT2D eigenvalue weighted by Crippen LogP contribution is 2.05. The highest BCUT2D eigenvalue weighted by Gasteiger charge is 2.08. The van der Waals surface area contributed by atoms with Crippen LogP contribution in [0.3, 0.4) is 0 Å². The molecule has 0 spiro atoms. The molecule has 106 valence electrons. The summed E-state index contributed by atoms with van der Waals surface area (Å²) >= 11 is 0. The van der Waals surface area contributed by atoms with Crippen molar-refractivity contribution in [3.05, 3.63) is 29.6 Å². The van der Waals surface area contributed by atoms with Crippen molar-refractivity contribution in [2.75, 3.05) is 19.7 Å². The van der Waals surface area contributed by atoms with E-state index in [-0.39, 0.29) is 12.5 Å². The number of aliphatic hydroxyl groups is 1. The molecule has 1 rings (SSSR count). The fourth-order valence-electron chi connectivity index (χ4n) is 1.76. The van der Waals surface area contributed by atoms with Gasteiger partial charge in [0.1, 0.15) is 0 Å². The molecule has 6 nitrogen and oxygen atoms in total. The molecule has 0 atom stereocenters. The molecule has 1 aromatic rings. The van der Waals surface area contributed by atoms with E-state index in [1.54, 1.807) is 12.1 Å². The van der Waals surface area contributed by atoms with E-state index in [0.29, 0.717) is 18.7 Å². The molecule has 0 fully saturated rings. The van der Waals surface area contributed by atoms with Gasteiger partial charge in [-0.2, -0.15) is 0 Å². The molecule has 0 saturated carbocycles. The Morgan fingerprint density at radius 1 is 1.47 bits per heavy atom. The first-order valence-electron chi connectivity index (χ1n) is 6.50. The van der Waals surface area contributed by atoms with E-state index in [1.807, 2.05) is 0 Å². The van der Waals surface area contributed by atoms with Gasteiger partial charge in [-0.15, -0.1) is 0 Å². The van der Waals surface area contributed by atoms with Gasteiger partial charge >= 0.3 is 0 Å². The van der Waals surface area contributed by atoms with Gasteiger partial charge in [0, 0.05) is 19.3 Å². The molecule has 1 amide bonds. The van der Waals surface area contributed by atoms with Gasteiger partial charge in [-0.1, -0.05) is 13.3 Å². The number of unbranched alkanes of at least 4 members (excludes halogenated alkanes) is 1. The third kappa shape index (κ3) is 5.34. The van der Waals surface area contributed by atoms with E-state index in [9.17, 15) is 4.79 Å². The lowest BCUT2D eigenvalue weighted by molar-refractivity contribution is 0.0953. The number of nitrogens with two attached hydrogens (primary N) is 1. The van der Waals surface area contributed by atoms with Crippen molar-refractivity contribution in [3.63, 3.8) is 0 Å². The van der Waals surface area contributed by atoms with E-state index < -0.39 is 0 Å². The van der Waals surface area contributed by atoms with E-state index in [1.165, 1.54) is 6.20 Å². The van der Waals surface area contributed by atoms with Gasteiger partial charge in [-0.05, 0) is 25.1 Å². The molecule has 0 aromatic carbocycles. The molecule has 0 aliphatic rings. The molecule has 0 unspecified atom stereocenters. The van der Waals surface area contributed by atoms with Gasteiger partial charge in [0.15, 0.2) is 0 Å². The predicted molar refractivity (Wildman–Crippen MR) is 73.2 cm³/mol. The van der Waals surface area contributed by atoms with Crippen LogP contribution in [0.25, 0.3) is 0 Å². The molecule has 19 heavy (non-hydrogen) atoms. The number of rotatable bonds is 8. The number of nitrogens with zero attached hydrogens (tertiary/aromatic N) is 2. The lowest BCUT2D eigenvalue weighted by Gasteiger charge is -2.20. The average molecular weight is 266 g/mol.